The number of carbonyl (C=O) groups is 4. The van der Waals surface area contributed by atoms with E-state index in [2.05, 4.69) is 25.1 Å². The largest absolute Gasteiger partial charge is 0.586 e. The van der Waals surface area contributed by atoms with Gasteiger partial charge in [-0.05, 0) is 62.1 Å². The molecule has 0 unspecified atom stereocenters. The van der Waals surface area contributed by atoms with Crippen LogP contribution in [-0.2, 0) is 20.8 Å². The maximum atomic E-state index is 13.3. The van der Waals surface area contributed by atoms with Gasteiger partial charge < -0.3 is 30.9 Å². The van der Waals surface area contributed by atoms with Crippen molar-refractivity contribution in [3.05, 3.63) is 47.7 Å². The molecule has 1 aromatic carbocycles. The molecule has 39 heavy (non-hydrogen) atoms. The lowest BCUT2D eigenvalue weighted by atomic mass is 9.68. The van der Waals surface area contributed by atoms with E-state index in [1.807, 2.05) is 0 Å². The minimum absolute atomic E-state index is 0.0295. The van der Waals surface area contributed by atoms with Crippen molar-refractivity contribution in [3.8, 4) is 11.5 Å². The van der Waals surface area contributed by atoms with E-state index in [-0.39, 0.29) is 30.2 Å². The first-order valence-corrected chi connectivity index (χ1v) is 12.1. The van der Waals surface area contributed by atoms with Gasteiger partial charge in [-0.3, -0.25) is 9.59 Å². The van der Waals surface area contributed by atoms with Crippen LogP contribution in [0.4, 0.5) is 19.4 Å². The summed E-state index contributed by atoms with van der Waals surface area (Å²) in [4.78, 5) is 55.4. The van der Waals surface area contributed by atoms with E-state index in [0.29, 0.717) is 16.0 Å². The fourth-order valence-corrected chi connectivity index (χ4v) is 4.70. The Morgan fingerprint density at radius 3 is 2.51 bits per heavy atom. The van der Waals surface area contributed by atoms with E-state index in [1.54, 1.807) is 19.9 Å². The Labute approximate surface area is 221 Å². The normalized spacial score (nSPS) is 22.5. The first-order valence-electron chi connectivity index (χ1n) is 12.1. The number of nitrogens with two attached hydrogens (primary N) is 1. The third-order valence-corrected chi connectivity index (χ3v) is 6.80. The molecule has 5 N–H and O–H groups in total. The van der Waals surface area contributed by atoms with Gasteiger partial charge in [0.1, 0.15) is 5.82 Å². The van der Waals surface area contributed by atoms with E-state index in [9.17, 15) is 33.1 Å². The summed E-state index contributed by atoms with van der Waals surface area (Å²) in [5.41, 5.74) is 4.60. The zero-order valence-electron chi connectivity index (χ0n) is 21.2. The SMILES string of the molecule is CC[C@@]1(C(=O)O)[C@@H](Cc2ccnc(NC(=O)[C@H](C)N)c2)C(=O)N1C(=O)N[C@H](C)c1ccc2c(c1)OC(F)(F)O2. The molecule has 4 atom stereocenters. The topological polar surface area (TPSA) is 173 Å². The maximum absolute atomic E-state index is 13.3. The Morgan fingerprint density at radius 2 is 1.87 bits per heavy atom. The lowest BCUT2D eigenvalue weighted by Gasteiger charge is -2.53. The molecule has 2 aliphatic heterocycles. The van der Waals surface area contributed by atoms with Crippen molar-refractivity contribution in [2.45, 2.75) is 57.5 Å². The molecule has 12 nitrogen and oxygen atoms in total. The van der Waals surface area contributed by atoms with E-state index in [1.165, 1.54) is 37.4 Å². The molecular weight excluding hydrogens is 520 g/mol. The highest BCUT2D eigenvalue weighted by Gasteiger charge is 2.66. The number of anilines is 1. The van der Waals surface area contributed by atoms with Crippen molar-refractivity contribution in [1.29, 1.82) is 0 Å². The van der Waals surface area contributed by atoms with Crippen LogP contribution >= 0.6 is 0 Å². The lowest BCUT2D eigenvalue weighted by Crippen LogP contribution is -2.77. The summed E-state index contributed by atoms with van der Waals surface area (Å²) in [6, 6.07) is 4.50. The van der Waals surface area contributed by atoms with Gasteiger partial charge in [-0.15, -0.1) is 8.78 Å². The summed E-state index contributed by atoms with van der Waals surface area (Å²) >= 11 is 0. The zero-order valence-corrected chi connectivity index (χ0v) is 21.2. The van der Waals surface area contributed by atoms with Gasteiger partial charge in [-0.1, -0.05) is 13.0 Å². The Kier molecular flexibility index (Phi) is 7.17. The molecule has 0 radical (unpaired) electrons. The van der Waals surface area contributed by atoms with Gasteiger partial charge in [-0.2, -0.15) is 0 Å². The summed E-state index contributed by atoms with van der Waals surface area (Å²) in [5, 5.41) is 15.2. The number of hydrogen-bond donors (Lipinski definition) is 4. The third-order valence-electron chi connectivity index (χ3n) is 6.80. The van der Waals surface area contributed by atoms with Gasteiger partial charge in [0, 0.05) is 6.20 Å². The Hall–Kier alpha value is -4.33. The molecule has 14 heteroatoms. The molecule has 4 amide bonds. The summed E-state index contributed by atoms with van der Waals surface area (Å²) in [6.07, 6.45) is -2.51. The lowest BCUT2D eigenvalue weighted by molar-refractivity contribution is -0.286. The average Bonchev–Trinajstić information content (AvgIpc) is 3.18. The molecule has 0 aliphatic carbocycles. The summed E-state index contributed by atoms with van der Waals surface area (Å²) in [7, 11) is 0. The van der Waals surface area contributed by atoms with Crippen LogP contribution in [0, 0.1) is 5.92 Å². The van der Waals surface area contributed by atoms with E-state index >= 15 is 0 Å². The Bertz CT molecular complexity index is 1340. The second kappa shape index (κ2) is 10.1. The number of aliphatic carboxylic acids is 1. The molecule has 2 aliphatic rings. The van der Waals surface area contributed by atoms with Gasteiger partial charge >= 0.3 is 18.3 Å². The number of aromatic nitrogens is 1. The number of fused-ring (bicyclic) bond motifs is 1. The van der Waals surface area contributed by atoms with E-state index in [4.69, 9.17) is 5.73 Å². The molecule has 1 aromatic heterocycles. The number of amides is 4. The predicted molar refractivity (Wildman–Crippen MR) is 131 cm³/mol. The minimum atomic E-state index is -3.81. The molecular formula is C25H27F2N5O7. The number of rotatable bonds is 8. The molecule has 0 saturated carbocycles. The molecule has 0 bridgehead atoms. The number of likely N-dealkylation sites (tertiary alicyclic amines) is 1. The average molecular weight is 548 g/mol. The van der Waals surface area contributed by atoms with E-state index < -0.39 is 53.6 Å². The smallest absolute Gasteiger partial charge is 0.479 e. The van der Waals surface area contributed by atoms with Gasteiger partial charge in [0.2, 0.25) is 11.8 Å². The van der Waals surface area contributed by atoms with Crippen molar-refractivity contribution < 1.29 is 42.5 Å². The number of carboxylic acid groups (broad SMARTS) is 1. The highest BCUT2D eigenvalue weighted by atomic mass is 19.3. The number of carboxylic acids is 1. The third kappa shape index (κ3) is 5.06. The fraction of sp³-hybridized carbons (Fsp3) is 0.400. The highest BCUT2D eigenvalue weighted by molar-refractivity contribution is 6.10. The number of nitrogens with zero attached hydrogens (tertiary/aromatic N) is 2. The second-order valence-corrected chi connectivity index (χ2v) is 9.39. The molecule has 3 heterocycles. The van der Waals surface area contributed by atoms with Crippen LogP contribution in [0.1, 0.15) is 44.4 Å². The van der Waals surface area contributed by atoms with Crippen LogP contribution in [0.15, 0.2) is 36.5 Å². The molecule has 4 rings (SSSR count). The Morgan fingerprint density at radius 1 is 1.18 bits per heavy atom. The van der Waals surface area contributed by atoms with Crippen LogP contribution < -0.4 is 25.8 Å². The quantitative estimate of drug-likeness (QED) is 0.362. The monoisotopic (exact) mass is 547 g/mol. The van der Waals surface area contributed by atoms with Gasteiger partial charge in [0.25, 0.3) is 0 Å². The number of benzene rings is 1. The summed E-state index contributed by atoms with van der Waals surface area (Å²) < 4.78 is 35.5. The number of hydrogen-bond acceptors (Lipinski definition) is 8. The second-order valence-electron chi connectivity index (χ2n) is 9.39. The van der Waals surface area contributed by atoms with Crippen LogP contribution in [-0.4, -0.2) is 56.7 Å². The van der Waals surface area contributed by atoms with Crippen LogP contribution in [0.2, 0.25) is 0 Å². The summed E-state index contributed by atoms with van der Waals surface area (Å²) in [6.45, 7) is 4.59. The van der Waals surface area contributed by atoms with Crippen molar-refractivity contribution in [2.75, 3.05) is 5.32 Å². The first-order chi connectivity index (χ1) is 18.3. The van der Waals surface area contributed by atoms with Crippen LogP contribution in [0.25, 0.3) is 0 Å². The van der Waals surface area contributed by atoms with Crippen molar-refractivity contribution in [1.82, 2.24) is 15.2 Å². The number of pyridine rings is 1. The van der Waals surface area contributed by atoms with Crippen molar-refractivity contribution >= 4 is 29.6 Å². The predicted octanol–water partition coefficient (Wildman–Crippen LogP) is 2.39. The zero-order chi connectivity index (χ0) is 28.7. The van der Waals surface area contributed by atoms with Crippen LogP contribution in [0.5, 0.6) is 11.5 Å². The maximum Gasteiger partial charge on any atom is 0.586 e. The molecule has 1 saturated heterocycles. The Balaban J connectivity index is 1.51. The molecule has 1 fully saturated rings. The number of ether oxygens (including phenoxy) is 2. The number of nitrogens with one attached hydrogen (secondary N) is 2. The number of urea groups is 1. The van der Waals surface area contributed by atoms with Gasteiger partial charge in [-0.25, -0.2) is 19.5 Å². The number of β-lactam (4-membered cyclic amide) rings is 1. The van der Waals surface area contributed by atoms with E-state index in [0.717, 1.165) is 0 Å². The minimum Gasteiger partial charge on any atom is -0.479 e. The number of alkyl halides is 2. The van der Waals surface area contributed by atoms with Gasteiger partial charge in [0.05, 0.1) is 18.0 Å². The number of halogens is 2. The van der Waals surface area contributed by atoms with Gasteiger partial charge in [0.15, 0.2) is 17.0 Å². The molecule has 2 aromatic rings. The number of imide groups is 1. The highest BCUT2D eigenvalue weighted by Crippen LogP contribution is 2.44. The van der Waals surface area contributed by atoms with Crippen molar-refractivity contribution in [3.63, 3.8) is 0 Å². The van der Waals surface area contributed by atoms with Crippen molar-refractivity contribution in [2.24, 2.45) is 11.7 Å². The standard InChI is InChI=1S/C25H27F2N5O7/c1-4-24(22(35)36)16(9-14-7-8-29-19(10-14)31-20(33)12(2)28)21(34)32(24)23(37)30-13(3)15-5-6-17-18(11-15)39-25(26,27)38-17/h5-8,10-13,16H,4,9,28H2,1-3H3,(H,30,37)(H,35,36)(H,29,31,33)/t12-,13+,16-,24-/m0/s1. The van der Waals surface area contributed by atoms with Crippen LogP contribution in [0.3, 0.4) is 0 Å². The molecule has 0 spiro atoms. The molecule has 208 valence electrons. The fourth-order valence-electron chi connectivity index (χ4n) is 4.70. The number of carbonyl (C=O) groups excluding carboxylic acids is 3. The first kappa shape index (κ1) is 27.7. The summed E-state index contributed by atoms with van der Waals surface area (Å²) in [5.74, 6) is -3.82.